The van der Waals surface area contributed by atoms with Gasteiger partial charge in [0, 0.05) is 5.56 Å². The molecule has 0 radical (unpaired) electrons. The average molecular weight is 198 g/mol. The third kappa shape index (κ3) is 1.18. The molecule has 2 nitrogen and oxygen atoms in total. The Morgan fingerprint density at radius 1 is 1.13 bits per heavy atom. The van der Waals surface area contributed by atoms with Crippen molar-refractivity contribution in [3.8, 4) is 5.75 Å². The van der Waals surface area contributed by atoms with E-state index in [1.807, 2.05) is 42.5 Å². The van der Waals surface area contributed by atoms with Crippen LogP contribution in [0.15, 0.2) is 60.1 Å². The van der Waals surface area contributed by atoms with Crippen LogP contribution in [-0.4, -0.2) is 5.11 Å². The predicted octanol–water partition coefficient (Wildman–Crippen LogP) is 3.06. The first-order valence-electron chi connectivity index (χ1n) is 4.91. The lowest BCUT2D eigenvalue weighted by Crippen LogP contribution is -1.98. The van der Waals surface area contributed by atoms with E-state index in [-0.39, 0.29) is 11.7 Å². The molecule has 1 aromatic rings. The van der Waals surface area contributed by atoms with Crippen molar-refractivity contribution >= 4 is 0 Å². The van der Waals surface area contributed by atoms with Gasteiger partial charge in [-0.25, -0.2) is 0 Å². The quantitative estimate of drug-likeness (QED) is 0.694. The smallest absolute Gasteiger partial charge is 0.157 e. The van der Waals surface area contributed by atoms with Crippen molar-refractivity contribution in [1.82, 2.24) is 0 Å². The number of ether oxygens (including phenoxy) is 1. The van der Waals surface area contributed by atoms with E-state index in [9.17, 15) is 5.11 Å². The highest BCUT2D eigenvalue weighted by Crippen LogP contribution is 2.42. The fraction of sp³-hybridized carbons (Fsp3) is 0.0769. The second kappa shape index (κ2) is 3.02. The van der Waals surface area contributed by atoms with Gasteiger partial charge in [0.15, 0.2) is 11.5 Å². The summed E-state index contributed by atoms with van der Waals surface area (Å²) in [5.41, 5.74) is 1.11. The number of benzene rings is 1. The summed E-state index contributed by atoms with van der Waals surface area (Å²) >= 11 is 0. The van der Waals surface area contributed by atoms with Crippen LogP contribution in [-0.2, 0) is 0 Å². The molecule has 15 heavy (non-hydrogen) atoms. The minimum absolute atomic E-state index is 0.0520. The topological polar surface area (TPSA) is 29.5 Å². The van der Waals surface area contributed by atoms with Crippen LogP contribution in [0.5, 0.6) is 5.75 Å². The number of allylic oxidation sites excluding steroid dienone is 4. The fourth-order valence-corrected chi connectivity index (χ4v) is 1.96. The molecule has 0 bridgehead atoms. The molecule has 2 heteroatoms. The molecular formula is C13H10O2. The van der Waals surface area contributed by atoms with Crippen LogP contribution in [0, 0.1) is 0 Å². The fourth-order valence-electron chi connectivity index (χ4n) is 1.96. The van der Waals surface area contributed by atoms with Gasteiger partial charge < -0.3 is 9.84 Å². The summed E-state index contributed by atoms with van der Waals surface area (Å²) in [7, 11) is 0. The van der Waals surface area contributed by atoms with E-state index in [0.717, 1.165) is 11.3 Å². The molecule has 1 aliphatic heterocycles. The van der Waals surface area contributed by atoms with E-state index in [4.69, 9.17) is 4.74 Å². The molecule has 2 aliphatic rings. The lowest BCUT2D eigenvalue weighted by molar-refractivity contribution is 0.354. The monoisotopic (exact) mass is 198 g/mol. The maximum Gasteiger partial charge on any atom is 0.157 e. The van der Waals surface area contributed by atoms with Crippen LogP contribution in [0.25, 0.3) is 0 Å². The van der Waals surface area contributed by atoms with Gasteiger partial charge in [-0.2, -0.15) is 0 Å². The molecule has 1 N–H and O–H groups in total. The molecule has 0 fully saturated rings. The van der Waals surface area contributed by atoms with Gasteiger partial charge in [-0.1, -0.05) is 36.4 Å². The molecule has 0 amide bonds. The highest BCUT2D eigenvalue weighted by Gasteiger charge is 2.30. The molecular weight excluding hydrogens is 188 g/mol. The number of hydrogen-bond donors (Lipinski definition) is 1. The average Bonchev–Trinajstić information content (AvgIpc) is 2.54. The summed E-state index contributed by atoms with van der Waals surface area (Å²) in [6.07, 6.45) is 7.42. The lowest BCUT2D eigenvalue weighted by atomic mass is 9.98. The van der Waals surface area contributed by atoms with Crippen molar-refractivity contribution in [2.24, 2.45) is 0 Å². The molecule has 0 spiro atoms. The van der Waals surface area contributed by atoms with Crippen LogP contribution in [0.2, 0.25) is 0 Å². The molecule has 1 aromatic carbocycles. The molecule has 0 aromatic heterocycles. The van der Waals surface area contributed by atoms with Crippen molar-refractivity contribution < 1.29 is 9.84 Å². The largest absolute Gasteiger partial charge is 0.504 e. The Morgan fingerprint density at radius 2 is 2.00 bits per heavy atom. The Balaban J connectivity index is 2.19. The van der Waals surface area contributed by atoms with Crippen molar-refractivity contribution in [2.75, 3.05) is 0 Å². The van der Waals surface area contributed by atoms with E-state index >= 15 is 0 Å². The maximum atomic E-state index is 9.76. The summed E-state index contributed by atoms with van der Waals surface area (Å²) in [6, 6.07) is 7.85. The number of fused-ring (bicyclic) bond motifs is 3. The number of hydrogen-bond acceptors (Lipinski definition) is 2. The number of para-hydroxylation sites is 1. The minimum atomic E-state index is 0.0520. The zero-order valence-corrected chi connectivity index (χ0v) is 8.05. The Morgan fingerprint density at radius 3 is 2.93 bits per heavy atom. The van der Waals surface area contributed by atoms with Gasteiger partial charge >= 0.3 is 0 Å². The number of aliphatic hydroxyl groups is 1. The zero-order valence-electron chi connectivity index (χ0n) is 8.05. The molecule has 74 valence electrons. The van der Waals surface area contributed by atoms with Gasteiger partial charge in [0.05, 0.1) is 5.92 Å². The molecule has 1 atom stereocenters. The lowest BCUT2D eigenvalue weighted by Gasteiger charge is -2.04. The van der Waals surface area contributed by atoms with E-state index in [1.54, 1.807) is 6.08 Å². The van der Waals surface area contributed by atoms with Crippen molar-refractivity contribution in [2.45, 2.75) is 5.92 Å². The summed E-state index contributed by atoms with van der Waals surface area (Å²) in [5, 5.41) is 9.76. The third-order valence-corrected chi connectivity index (χ3v) is 2.68. The molecule has 3 rings (SSSR count). The third-order valence-electron chi connectivity index (χ3n) is 2.68. The molecule has 1 heterocycles. The Hall–Kier alpha value is -1.96. The van der Waals surface area contributed by atoms with Crippen molar-refractivity contribution in [3.05, 3.63) is 65.7 Å². The van der Waals surface area contributed by atoms with E-state index in [1.165, 1.54) is 0 Å². The van der Waals surface area contributed by atoms with Crippen LogP contribution < -0.4 is 4.74 Å². The molecule has 0 saturated heterocycles. The highest BCUT2D eigenvalue weighted by molar-refractivity contribution is 5.51. The summed E-state index contributed by atoms with van der Waals surface area (Å²) in [6.45, 7) is 0. The first-order chi connectivity index (χ1) is 7.36. The highest BCUT2D eigenvalue weighted by atomic mass is 16.5. The van der Waals surface area contributed by atoms with Crippen LogP contribution >= 0.6 is 0 Å². The van der Waals surface area contributed by atoms with Crippen LogP contribution in [0.3, 0.4) is 0 Å². The summed E-state index contributed by atoms with van der Waals surface area (Å²) in [4.78, 5) is 0. The first-order valence-corrected chi connectivity index (χ1v) is 4.91. The molecule has 0 saturated carbocycles. The SMILES string of the molecule is OC1=C2Oc3ccccc3C2C=CC=C1. The van der Waals surface area contributed by atoms with Gasteiger partial charge in [-0.3, -0.25) is 0 Å². The van der Waals surface area contributed by atoms with Crippen LogP contribution in [0.4, 0.5) is 0 Å². The first kappa shape index (κ1) is 8.36. The predicted molar refractivity (Wildman–Crippen MR) is 57.7 cm³/mol. The van der Waals surface area contributed by atoms with Gasteiger partial charge in [0.25, 0.3) is 0 Å². The second-order valence-electron chi connectivity index (χ2n) is 3.61. The molecule has 1 unspecified atom stereocenters. The van der Waals surface area contributed by atoms with Gasteiger partial charge in [0.1, 0.15) is 5.75 Å². The summed E-state index contributed by atoms with van der Waals surface area (Å²) < 4.78 is 5.63. The number of aliphatic hydroxyl groups excluding tert-OH is 1. The Labute approximate surface area is 87.8 Å². The van der Waals surface area contributed by atoms with Gasteiger partial charge in [-0.05, 0) is 12.1 Å². The van der Waals surface area contributed by atoms with E-state index in [2.05, 4.69) is 0 Å². The Kier molecular flexibility index (Phi) is 1.68. The second-order valence-corrected chi connectivity index (χ2v) is 3.61. The van der Waals surface area contributed by atoms with E-state index in [0.29, 0.717) is 5.76 Å². The van der Waals surface area contributed by atoms with Crippen molar-refractivity contribution in [1.29, 1.82) is 0 Å². The van der Waals surface area contributed by atoms with Gasteiger partial charge in [-0.15, -0.1) is 0 Å². The molecule has 1 aliphatic carbocycles. The summed E-state index contributed by atoms with van der Waals surface area (Å²) in [5.74, 6) is 1.72. The number of rotatable bonds is 0. The van der Waals surface area contributed by atoms with Gasteiger partial charge in [0.2, 0.25) is 0 Å². The maximum absolute atomic E-state index is 9.76. The zero-order chi connectivity index (χ0) is 10.3. The Bertz CT molecular complexity index is 495. The normalized spacial score (nSPS) is 22.0. The van der Waals surface area contributed by atoms with E-state index < -0.39 is 0 Å². The van der Waals surface area contributed by atoms with Crippen LogP contribution in [0.1, 0.15) is 11.5 Å². The van der Waals surface area contributed by atoms with Crippen molar-refractivity contribution in [3.63, 3.8) is 0 Å². The minimum Gasteiger partial charge on any atom is -0.504 e. The standard InChI is InChI=1S/C13H10O2/c14-11-7-3-1-6-10-9-5-2-4-8-12(9)15-13(10)11/h1-8,10,14H.